The average molecular weight is 356 g/mol. The SMILES string of the molecule is O=C(NC(c1ccc(F)cc1)c1cccs1)c1cccc([N+](=O)[O-])c1. The summed E-state index contributed by atoms with van der Waals surface area (Å²) in [5, 5.41) is 15.6. The minimum atomic E-state index is -0.548. The lowest BCUT2D eigenvalue weighted by Crippen LogP contribution is -2.28. The maximum absolute atomic E-state index is 13.2. The third-order valence-corrected chi connectivity index (χ3v) is 4.56. The predicted octanol–water partition coefficient (Wildman–Crippen LogP) is 4.31. The summed E-state index contributed by atoms with van der Waals surface area (Å²) in [4.78, 5) is 23.8. The molecule has 0 saturated carbocycles. The number of thiophene rings is 1. The molecule has 25 heavy (non-hydrogen) atoms. The highest BCUT2D eigenvalue weighted by Crippen LogP contribution is 2.27. The number of halogens is 1. The molecule has 1 amide bonds. The van der Waals surface area contributed by atoms with Gasteiger partial charge in [-0.15, -0.1) is 11.3 Å². The zero-order valence-corrected chi connectivity index (χ0v) is 13.7. The Kier molecular flexibility index (Phi) is 4.85. The smallest absolute Gasteiger partial charge is 0.270 e. The van der Waals surface area contributed by atoms with Gasteiger partial charge in [0.25, 0.3) is 11.6 Å². The fourth-order valence-corrected chi connectivity index (χ4v) is 3.21. The van der Waals surface area contributed by atoms with E-state index in [0.29, 0.717) is 0 Å². The molecule has 1 unspecified atom stereocenters. The van der Waals surface area contributed by atoms with E-state index in [1.165, 1.54) is 47.7 Å². The van der Waals surface area contributed by atoms with Crippen LogP contribution in [-0.2, 0) is 0 Å². The van der Waals surface area contributed by atoms with Crippen molar-refractivity contribution < 1.29 is 14.1 Å². The van der Waals surface area contributed by atoms with Crippen molar-refractivity contribution in [2.24, 2.45) is 0 Å². The van der Waals surface area contributed by atoms with Gasteiger partial charge in [-0.3, -0.25) is 14.9 Å². The van der Waals surface area contributed by atoms with Gasteiger partial charge in [-0.2, -0.15) is 0 Å². The lowest BCUT2D eigenvalue weighted by Gasteiger charge is -2.18. The summed E-state index contributed by atoms with van der Waals surface area (Å²) < 4.78 is 13.2. The first-order chi connectivity index (χ1) is 12.0. The fourth-order valence-electron chi connectivity index (χ4n) is 2.40. The maximum Gasteiger partial charge on any atom is 0.270 e. The van der Waals surface area contributed by atoms with Gasteiger partial charge in [0.05, 0.1) is 11.0 Å². The van der Waals surface area contributed by atoms with E-state index < -0.39 is 16.9 Å². The van der Waals surface area contributed by atoms with Gasteiger partial charge in [-0.25, -0.2) is 4.39 Å². The van der Waals surface area contributed by atoms with Crippen molar-refractivity contribution in [2.75, 3.05) is 0 Å². The summed E-state index contributed by atoms with van der Waals surface area (Å²) in [6.45, 7) is 0. The van der Waals surface area contributed by atoms with Crippen LogP contribution in [0.25, 0.3) is 0 Å². The van der Waals surface area contributed by atoms with Crippen LogP contribution in [0.4, 0.5) is 10.1 Å². The highest BCUT2D eigenvalue weighted by Gasteiger charge is 2.20. The standard InChI is InChI=1S/C18H13FN2O3S/c19-14-8-6-12(7-9-14)17(16-5-2-10-25-16)20-18(22)13-3-1-4-15(11-13)21(23)24/h1-11,17H,(H,20,22). The number of non-ortho nitro benzene ring substituents is 1. The quantitative estimate of drug-likeness (QED) is 0.547. The number of nitro groups is 1. The molecule has 0 fully saturated rings. The van der Waals surface area contributed by atoms with Gasteiger partial charge in [0, 0.05) is 22.6 Å². The number of hydrogen-bond acceptors (Lipinski definition) is 4. The van der Waals surface area contributed by atoms with E-state index in [4.69, 9.17) is 0 Å². The molecule has 0 bridgehead atoms. The molecule has 7 heteroatoms. The van der Waals surface area contributed by atoms with E-state index in [9.17, 15) is 19.3 Å². The summed E-state index contributed by atoms with van der Waals surface area (Å²) in [5.41, 5.74) is 0.766. The Bertz CT molecular complexity index is 895. The molecule has 1 N–H and O–H groups in total. The van der Waals surface area contributed by atoms with E-state index in [-0.39, 0.29) is 17.1 Å². The molecule has 3 aromatic rings. The van der Waals surface area contributed by atoms with Crippen LogP contribution in [0, 0.1) is 15.9 Å². The van der Waals surface area contributed by atoms with Crippen molar-refractivity contribution in [3.8, 4) is 0 Å². The first-order valence-electron chi connectivity index (χ1n) is 7.39. The highest BCUT2D eigenvalue weighted by molar-refractivity contribution is 7.10. The van der Waals surface area contributed by atoms with E-state index in [0.717, 1.165) is 10.4 Å². The number of carbonyl (C=O) groups excluding carboxylic acids is 1. The summed E-state index contributed by atoms with van der Waals surface area (Å²) in [6, 6.07) is 14.7. The molecular weight excluding hydrogens is 343 g/mol. The Morgan fingerprint density at radius 3 is 2.52 bits per heavy atom. The van der Waals surface area contributed by atoms with Crippen molar-refractivity contribution in [1.29, 1.82) is 0 Å². The van der Waals surface area contributed by atoms with E-state index in [1.54, 1.807) is 12.1 Å². The monoisotopic (exact) mass is 356 g/mol. The van der Waals surface area contributed by atoms with E-state index >= 15 is 0 Å². The zero-order chi connectivity index (χ0) is 17.8. The molecule has 1 aromatic heterocycles. The van der Waals surface area contributed by atoms with Crippen LogP contribution in [0.5, 0.6) is 0 Å². The lowest BCUT2D eigenvalue weighted by molar-refractivity contribution is -0.384. The average Bonchev–Trinajstić information content (AvgIpc) is 3.15. The second-order valence-corrected chi connectivity index (χ2v) is 6.26. The molecule has 5 nitrogen and oxygen atoms in total. The van der Waals surface area contributed by atoms with Crippen molar-refractivity contribution >= 4 is 22.9 Å². The van der Waals surface area contributed by atoms with Crippen LogP contribution in [-0.4, -0.2) is 10.8 Å². The third kappa shape index (κ3) is 3.89. The van der Waals surface area contributed by atoms with Crippen LogP contribution in [0.2, 0.25) is 0 Å². The summed E-state index contributed by atoms with van der Waals surface area (Å²) >= 11 is 1.46. The van der Waals surface area contributed by atoms with Gasteiger partial charge in [-0.1, -0.05) is 24.3 Å². The second-order valence-electron chi connectivity index (χ2n) is 5.28. The molecule has 126 valence electrons. The largest absolute Gasteiger partial charge is 0.340 e. The molecule has 1 atom stereocenters. The number of nitro benzene ring substituents is 1. The van der Waals surface area contributed by atoms with Crippen molar-refractivity contribution in [1.82, 2.24) is 5.32 Å². The van der Waals surface area contributed by atoms with Gasteiger partial charge in [0.2, 0.25) is 0 Å². The summed E-state index contributed by atoms with van der Waals surface area (Å²) in [5.74, 6) is -0.801. The highest BCUT2D eigenvalue weighted by atomic mass is 32.1. The maximum atomic E-state index is 13.2. The first kappa shape index (κ1) is 16.8. The predicted molar refractivity (Wildman–Crippen MR) is 93.1 cm³/mol. The minimum absolute atomic E-state index is 0.151. The molecule has 0 saturated heterocycles. The van der Waals surface area contributed by atoms with Crippen LogP contribution < -0.4 is 5.32 Å². The Morgan fingerprint density at radius 1 is 1.12 bits per heavy atom. The molecule has 0 aliphatic rings. The summed E-state index contributed by atoms with van der Waals surface area (Å²) in [7, 11) is 0. The Morgan fingerprint density at radius 2 is 1.88 bits per heavy atom. The lowest BCUT2D eigenvalue weighted by atomic mass is 10.0. The van der Waals surface area contributed by atoms with Crippen LogP contribution in [0.1, 0.15) is 26.8 Å². The van der Waals surface area contributed by atoms with Gasteiger partial charge >= 0.3 is 0 Å². The number of benzene rings is 2. The normalized spacial score (nSPS) is 11.7. The Balaban J connectivity index is 1.90. The van der Waals surface area contributed by atoms with Crippen molar-refractivity contribution in [2.45, 2.75) is 6.04 Å². The number of amides is 1. The molecule has 0 spiro atoms. The van der Waals surface area contributed by atoms with Crippen LogP contribution >= 0.6 is 11.3 Å². The molecule has 0 radical (unpaired) electrons. The van der Waals surface area contributed by atoms with Crippen LogP contribution in [0.15, 0.2) is 66.0 Å². The topological polar surface area (TPSA) is 72.2 Å². The fraction of sp³-hybridized carbons (Fsp3) is 0.0556. The molecule has 0 aliphatic heterocycles. The molecular formula is C18H13FN2O3S. The Labute approximate surface area is 146 Å². The third-order valence-electron chi connectivity index (χ3n) is 3.63. The summed E-state index contributed by atoms with van der Waals surface area (Å²) in [6.07, 6.45) is 0. The number of nitrogens with one attached hydrogen (secondary N) is 1. The second kappa shape index (κ2) is 7.23. The zero-order valence-electron chi connectivity index (χ0n) is 12.9. The van der Waals surface area contributed by atoms with Crippen molar-refractivity contribution in [3.05, 3.63) is 98.0 Å². The molecule has 2 aromatic carbocycles. The minimum Gasteiger partial charge on any atom is -0.340 e. The molecule has 1 heterocycles. The number of rotatable bonds is 5. The van der Waals surface area contributed by atoms with E-state index in [1.807, 2.05) is 17.5 Å². The van der Waals surface area contributed by atoms with Gasteiger partial charge in [-0.05, 0) is 35.2 Å². The number of carbonyl (C=O) groups is 1. The Hall–Kier alpha value is -3.06. The number of nitrogens with zero attached hydrogens (tertiary/aromatic N) is 1. The van der Waals surface area contributed by atoms with E-state index in [2.05, 4.69) is 5.32 Å². The van der Waals surface area contributed by atoms with Gasteiger partial charge < -0.3 is 5.32 Å². The van der Waals surface area contributed by atoms with Crippen LogP contribution in [0.3, 0.4) is 0 Å². The molecule has 3 rings (SSSR count). The van der Waals surface area contributed by atoms with Gasteiger partial charge in [0.1, 0.15) is 5.82 Å². The number of hydrogen-bond donors (Lipinski definition) is 1. The first-order valence-corrected chi connectivity index (χ1v) is 8.27. The van der Waals surface area contributed by atoms with Crippen molar-refractivity contribution in [3.63, 3.8) is 0 Å². The molecule has 0 aliphatic carbocycles. The van der Waals surface area contributed by atoms with Gasteiger partial charge in [0.15, 0.2) is 0 Å².